The molecule has 1 aliphatic carbocycles. The third-order valence-corrected chi connectivity index (χ3v) is 11.5. The Morgan fingerprint density at radius 1 is 0.938 bits per heavy atom. The lowest BCUT2D eigenvalue weighted by atomic mass is 9.80. The number of carbonyl (C=O) groups excluding carboxylic acids is 5. The number of halogens is 1. The van der Waals surface area contributed by atoms with E-state index >= 15 is 0 Å². The average molecular weight is 936 g/mol. The van der Waals surface area contributed by atoms with Gasteiger partial charge in [0.05, 0.1) is 35.7 Å². The number of fused-ring (bicyclic) bond motifs is 2. The topological polar surface area (TPSA) is 254 Å². The van der Waals surface area contributed by atoms with Crippen molar-refractivity contribution in [3.8, 4) is 0 Å². The molecule has 2 aromatic rings. The summed E-state index contributed by atoms with van der Waals surface area (Å²) < 4.78 is 35.8. The van der Waals surface area contributed by atoms with Crippen molar-refractivity contribution >= 4 is 58.8 Å². The smallest absolute Gasteiger partial charge is 0.414 e. The highest BCUT2D eigenvalue weighted by Crippen LogP contribution is 2.49. The number of esters is 1. The van der Waals surface area contributed by atoms with Crippen molar-refractivity contribution in [2.24, 2.45) is 22.7 Å². The number of nitrogens with zero attached hydrogens (tertiary/aromatic N) is 4. The molecule has 3 fully saturated rings. The molecule has 362 valence electrons. The summed E-state index contributed by atoms with van der Waals surface area (Å²) in [5, 5.41) is 20.4. The average Bonchev–Trinajstić information content (AvgIpc) is 3.87. The van der Waals surface area contributed by atoms with Crippen LogP contribution in [0.5, 0.6) is 0 Å². The lowest BCUT2D eigenvalue weighted by Gasteiger charge is -2.36. The number of carbonyl (C=O) groups is 5. The summed E-state index contributed by atoms with van der Waals surface area (Å²) in [5.41, 5.74) is -1.36. The molecule has 3 aliphatic rings. The molecule has 65 heavy (non-hydrogen) atoms. The number of amides is 4. The molecule has 5 rings (SSSR count). The van der Waals surface area contributed by atoms with Gasteiger partial charge in [-0.15, -0.1) is 0 Å². The first-order valence-corrected chi connectivity index (χ1v) is 22.4. The lowest BCUT2D eigenvalue weighted by Crippen LogP contribution is -2.52. The predicted molar refractivity (Wildman–Crippen MR) is 238 cm³/mol. The summed E-state index contributed by atoms with van der Waals surface area (Å²) in [6.07, 6.45) is -1.69. The van der Waals surface area contributed by atoms with E-state index in [0.717, 1.165) is 0 Å². The van der Waals surface area contributed by atoms with Crippen LogP contribution in [0.1, 0.15) is 128 Å². The number of H-pyrrole nitrogens is 1. The number of aliphatic imine (C=N–C) groups is 1. The Kier molecular flexibility index (Phi) is 15.4. The van der Waals surface area contributed by atoms with Crippen molar-refractivity contribution in [2.75, 3.05) is 6.61 Å². The first-order chi connectivity index (χ1) is 30.0. The van der Waals surface area contributed by atoms with Crippen LogP contribution in [0, 0.1) is 17.8 Å². The maximum Gasteiger partial charge on any atom is 0.414 e. The Morgan fingerprint density at radius 3 is 2.05 bits per heavy atom. The van der Waals surface area contributed by atoms with Crippen molar-refractivity contribution in [3.05, 3.63) is 23.2 Å². The van der Waals surface area contributed by atoms with E-state index in [9.17, 15) is 29.1 Å². The number of ether oxygens (including phenoxy) is 6. The summed E-state index contributed by atoms with van der Waals surface area (Å²) in [4.78, 5) is 85.6. The Hall–Kier alpha value is -4.79. The predicted octanol–water partition coefficient (Wildman–Crippen LogP) is 6.05. The number of nitrogens with one attached hydrogen (secondary N) is 4. The summed E-state index contributed by atoms with van der Waals surface area (Å²) in [7, 11) is 0. The van der Waals surface area contributed by atoms with E-state index < -0.39 is 108 Å². The molecule has 0 unspecified atom stereocenters. The maximum absolute atomic E-state index is 14.5. The molecule has 2 aliphatic heterocycles. The molecule has 2 saturated heterocycles. The van der Waals surface area contributed by atoms with E-state index in [4.69, 9.17) is 45.0 Å². The molecule has 0 aromatic carbocycles. The van der Waals surface area contributed by atoms with Gasteiger partial charge >= 0.3 is 24.2 Å². The number of guanidine groups is 1. The second-order valence-corrected chi connectivity index (χ2v) is 20.6. The normalized spacial score (nSPS) is 25.7. The van der Waals surface area contributed by atoms with Crippen LogP contribution in [0.2, 0.25) is 5.15 Å². The SMILES string of the molecule is CCC(CC)[C@H](NC(C)=O)[C@@H]1[C@H](O)[C@@H](C(=O)OC[C@@H]2[C@H]3OC(C)(C)O[C@H]3[C@H](c3c[nH]c4c(Cl)ncnc34)N2C(=O)OC(C)(C)C)C[C@H]1N=C(NC(=O)OC(C)(C)C)NC(=O)OC(C)(C)C. The number of aromatic nitrogens is 3. The van der Waals surface area contributed by atoms with Crippen LogP contribution in [0.25, 0.3) is 11.0 Å². The number of aliphatic hydroxyl groups excluding tert-OH is 1. The van der Waals surface area contributed by atoms with Crippen LogP contribution in [-0.4, -0.2) is 127 Å². The molecule has 20 nitrogen and oxygen atoms in total. The minimum atomic E-state index is -1.45. The molecule has 2 aromatic heterocycles. The number of alkyl carbamates (subject to hydrolysis) is 2. The minimum absolute atomic E-state index is 0.145. The van der Waals surface area contributed by atoms with E-state index in [1.165, 1.54) is 18.2 Å². The quantitative estimate of drug-likeness (QED) is 0.0598. The number of rotatable bonds is 10. The van der Waals surface area contributed by atoms with Gasteiger partial charge in [0.25, 0.3) is 0 Å². The fourth-order valence-corrected chi connectivity index (χ4v) is 9.06. The van der Waals surface area contributed by atoms with Gasteiger partial charge in [-0.1, -0.05) is 38.3 Å². The molecule has 4 amide bonds. The summed E-state index contributed by atoms with van der Waals surface area (Å²) in [6, 6.07) is -3.56. The molecule has 5 N–H and O–H groups in total. The molecule has 21 heteroatoms. The van der Waals surface area contributed by atoms with Crippen LogP contribution in [0.15, 0.2) is 17.5 Å². The van der Waals surface area contributed by atoms with Crippen molar-refractivity contribution in [2.45, 2.75) is 181 Å². The molecular weight excluding hydrogens is 868 g/mol. The molecule has 1 saturated carbocycles. The fourth-order valence-electron chi connectivity index (χ4n) is 8.88. The summed E-state index contributed by atoms with van der Waals surface area (Å²) >= 11 is 6.42. The Balaban J connectivity index is 1.54. The van der Waals surface area contributed by atoms with Gasteiger partial charge in [0.1, 0.15) is 47.5 Å². The van der Waals surface area contributed by atoms with Crippen LogP contribution < -0.4 is 16.0 Å². The first-order valence-electron chi connectivity index (χ1n) is 22.1. The van der Waals surface area contributed by atoms with Gasteiger partial charge in [0, 0.05) is 30.6 Å². The van der Waals surface area contributed by atoms with Crippen molar-refractivity contribution in [1.29, 1.82) is 0 Å². The molecule has 0 bridgehead atoms. The van der Waals surface area contributed by atoms with Crippen LogP contribution in [0.4, 0.5) is 14.4 Å². The van der Waals surface area contributed by atoms with E-state index in [1.54, 1.807) is 82.4 Å². The van der Waals surface area contributed by atoms with Crippen LogP contribution >= 0.6 is 11.6 Å². The van der Waals surface area contributed by atoms with Crippen molar-refractivity contribution in [1.82, 2.24) is 35.8 Å². The number of hydrogen-bond donors (Lipinski definition) is 5. The summed E-state index contributed by atoms with van der Waals surface area (Å²) in [6.45, 7) is 23.5. The second kappa shape index (κ2) is 19.6. The van der Waals surface area contributed by atoms with E-state index in [1.807, 2.05) is 13.8 Å². The third-order valence-electron chi connectivity index (χ3n) is 11.2. The van der Waals surface area contributed by atoms with Gasteiger partial charge in [-0.25, -0.2) is 29.3 Å². The van der Waals surface area contributed by atoms with E-state index in [0.29, 0.717) is 29.4 Å². The Labute approximate surface area is 385 Å². The number of likely N-dealkylation sites (tertiary alicyclic amines) is 1. The minimum Gasteiger partial charge on any atom is -0.463 e. The van der Waals surface area contributed by atoms with E-state index in [2.05, 4.69) is 30.9 Å². The zero-order chi connectivity index (χ0) is 48.6. The number of aliphatic hydroxyl groups is 1. The highest BCUT2D eigenvalue weighted by molar-refractivity contribution is 6.33. The molecule has 9 atom stereocenters. The molecular formula is C44H67ClN8O12. The Morgan fingerprint density at radius 2 is 1.51 bits per heavy atom. The summed E-state index contributed by atoms with van der Waals surface area (Å²) in [5.74, 6) is -5.04. The Bertz CT molecular complexity index is 2070. The highest BCUT2D eigenvalue weighted by Gasteiger charge is 2.62. The van der Waals surface area contributed by atoms with Gasteiger partial charge in [0.15, 0.2) is 10.9 Å². The standard InChI is InChI=1S/C44H67ClN8O12/c1-15-22(16-2)28(49-21(3)54)27-25(50-37(51-38(57)63-41(4,5)6)52-39(58)64-42(7,8)9)17-23(32(27)55)36(56)60-19-26-33-34(62-44(13,14)61-33)31(53(26)40(59)65-43(10,11)12)24-18-46-30-29(24)47-20-48-35(30)45/h18,20,22-23,25-28,31-34,46,55H,15-17,19H2,1-14H3,(H,49,54)(H2,50,51,52,57,58)/t23-,25+,26+,27+,28-,31-,32+,33+,34-/m0/s1. The van der Waals surface area contributed by atoms with Crippen molar-refractivity contribution in [3.63, 3.8) is 0 Å². The molecule has 0 radical (unpaired) electrons. The lowest BCUT2D eigenvalue weighted by molar-refractivity contribution is -0.173. The maximum atomic E-state index is 14.5. The largest absolute Gasteiger partial charge is 0.463 e. The number of hydrogen-bond acceptors (Lipinski definition) is 15. The zero-order valence-electron chi connectivity index (χ0n) is 39.9. The third kappa shape index (κ3) is 12.6. The van der Waals surface area contributed by atoms with Gasteiger partial charge in [0.2, 0.25) is 11.9 Å². The van der Waals surface area contributed by atoms with Gasteiger partial charge < -0.3 is 43.8 Å². The van der Waals surface area contributed by atoms with Gasteiger partial charge in [-0.3, -0.25) is 25.1 Å². The van der Waals surface area contributed by atoms with Crippen LogP contribution in [0.3, 0.4) is 0 Å². The first kappa shape index (κ1) is 51.2. The highest BCUT2D eigenvalue weighted by atomic mass is 35.5. The van der Waals surface area contributed by atoms with Crippen molar-refractivity contribution < 1.29 is 57.5 Å². The van der Waals surface area contributed by atoms with Gasteiger partial charge in [-0.2, -0.15) is 0 Å². The molecule has 4 heterocycles. The van der Waals surface area contributed by atoms with Gasteiger partial charge in [-0.05, 0) is 88.5 Å². The van der Waals surface area contributed by atoms with E-state index in [-0.39, 0.29) is 29.4 Å². The fraction of sp³-hybridized carbons (Fsp3) is 0.727. The zero-order valence-corrected chi connectivity index (χ0v) is 40.6. The second-order valence-electron chi connectivity index (χ2n) is 20.2. The molecule has 0 spiro atoms. The van der Waals surface area contributed by atoms with Crippen LogP contribution in [-0.2, 0) is 38.0 Å². The monoisotopic (exact) mass is 934 g/mol. The number of aromatic amines is 1.